The zero-order chi connectivity index (χ0) is 21.3. The molecule has 0 saturated carbocycles. The summed E-state index contributed by atoms with van der Waals surface area (Å²) in [4.78, 5) is 4.49. The zero-order valence-corrected chi connectivity index (χ0v) is 18.0. The van der Waals surface area contributed by atoms with Gasteiger partial charge < -0.3 is 19.7 Å². The molecule has 30 heavy (non-hydrogen) atoms. The summed E-state index contributed by atoms with van der Waals surface area (Å²) in [5, 5.41) is 20.6. The van der Waals surface area contributed by atoms with Crippen LogP contribution in [0, 0.1) is 13.8 Å². The molecule has 0 radical (unpaired) electrons. The van der Waals surface area contributed by atoms with Crippen molar-refractivity contribution in [3.63, 3.8) is 0 Å². The van der Waals surface area contributed by atoms with Crippen LogP contribution in [0.15, 0.2) is 48.5 Å². The SMILES string of the molecule is Cc1cccc(OC[C@@H](O)CN2CCN(C[C@@H](O)COc3cccc(C)c3)CC2)c1. The summed E-state index contributed by atoms with van der Waals surface area (Å²) in [5.74, 6) is 1.58. The topological polar surface area (TPSA) is 65.4 Å². The Hall–Kier alpha value is -2.12. The third-order valence-corrected chi connectivity index (χ3v) is 5.27. The quantitative estimate of drug-likeness (QED) is 0.621. The van der Waals surface area contributed by atoms with E-state index in [-0.39, 0.29) is 0 Å². The van der Waals surface area contributed by atoms with E-state index in [2.05, 4.69) is 9.80 Å². The van der Waals surface area contributed by atoms with Crippen LogP contribution in [0.3, 0.4) is 0 Å². The van der Waals surface area contributed by atoms with Crippen molar-refractivity contribution in [2.75, 3.05) is 52.5 Å². The number of ether oxygens (including phenoxy) is 2. The molecule has 2 atom stereocenters. The summed E-state index contributed by atoms with van der Waals surface area (Å²) >= 11 is 0. The minimum Gasteiger partial charge on any atom is -0.491 e. The van der Waals surface area contributed by atoms with E-state index in [0.717, 1.165) is 48.8 Å². The van der Waals surface area contributed by atoms with Crippen molar-refractivity contribution in [1.82, 2.24) is 9.80 Å². The molecule has 164 valence electrons. The van der Waals surface area contributed by atoms with Crippen molar-refractivity contribution in [3.8, 4) is 11.5 Å². The van der Waals surface area contributed by atoms with Crippen LogP contribution < -0.4 is 9.47 Å². The third kappa shape index (κ3) is 7.61. The Labute approximate surface area is 179 Å². The van der Waals surface area contributed by atoms with Crippen LogP contribution in [-0.2, 0) is 0 Å². The highest BCUT2D eigenvalue weighted by molar-refractivity contribution is 5.28. The highest BCUT2D eigenvalue weighted by Crippen LogP contribution is 2.14. The van der Waals surface area contributed by atoms with Gasteiger partial charge in [0, 0.05) is 39.3 Å². The molecular weight excluding hydrogens is 380 g/mol. The van der Waals surface area contributed by atoms with Gasteiger partial charge in [0.2, 0.25) is 0 Å². The number of nitrogens with zero attached hydrogens (tertiary/aromatic N) is 2. The van der Waals surface area contributed by atoms with Gasteiger partial charge in [-0.25, -0.2) is 0 Å². The van der Waals surface area contributed by atoms with Gasteiger partial charge in [0.1, 0.15) is 36.9 Å². The normalized spacial score (nSPS) is 17.5. The number of aryl methyl sites for hydroxylation is 2. The zero-order valence-electron chi connectivity index (χ0n) is 18.0. The highest BCUT2D eigenvalue weighted by atomic mass is 16.5. The first-order valence-corrected chi connectivity index (χ1v) is 10.7. The second kappa shape index (κ2) is 11.3. The summed E-state index contributed by atoms with van der Waals surface area (Å²) in [7, 11) is 0. The molecule has 1 saturated heterocycles. The molecule has 2 N–H and O–H groups in total. The van der Waals surface area contributed by atoms with Crippen LogP contribution in [0.1, 0.15) is 11.1 Å². The second-order valence-electron chi connectivity index (χ2n) is 8.16. The number of rotatable bonds is 10. The van der Waals surface area contributed by atoms with E-state index < -0.39 is 12.2 Å². The first-order chi connectivity index (χ1) is 14.5. The summed E-state index contributed by atoms with van der Waals surface area (Å²) in [6, 6.07) is 15.7. The van der Waals surface area contributed by atoms with Crippen molar-refractivity contribution in [1.29, 1.82) is 0 Å². The molecule has 2 aromatic carbocycles. The standard InChI is InChI=1S/C24H34N2O4/c1-19-5-3-7-23(13-19)29-17-21(27)15-25-9-11-26(12-10-25)16-22(28)18-30-24-8-4-6-20(2)14-24/h3-8,13-14,21-22,27-28H,9-12,15-18H2,1-2H3/t21-,22+. The number of benzene rings is 2. The summed E-state index contributed by atoms with van der Waals surface area (Å²) in [6.45, 7) is 9.29. The Morgan fingerprint density at radius 1 is 0.733 bits per heavy atom. The summed E-state index contributed by atoms with van der Waals surface area (Å²) in [5.41, 5.74) is 2.29. The fraction of sp³-hybridized carbons (Fsp3) is 0.500. The van der Waals surface area contributed by atoms with Crippen LogP contribution in [0.25, 0.3) is 0 Å². The lowest BCUT2D eigenvalue weighted by Crippen LogP contribution is -2.51. The average Bonchev–Trinajstić information content (AvgIpc) is 2.72. The lowest BCUT2D eigenvalue weighted by Gasteiger charge is -2.36. The molecular formula is C24H34N2O4. The number of hydrogen-bond acceptors (Lipinski definition) is 6. The van der Waals surface area contributed by atoms with E-state index in [1.54, 1.807) is 0 Å². The van der Waals surface area contributed by atoms with Crippen LogP contribution in [-0.4, -0.2) is 84.7 Å². The first-order valence-electron chi connectivity index (χ1n) is 10.7. The minimum atomic E-state index is -0.523. The number of aliphatic hydroxyl groups excluding tert-OH is 2. The van der Waals surface area contributed by atoms with E-state index in [9.17, 15) is 10.2 Å². The molecule has 6 heteroatoms. The van der Waals surface area contributed by atoms with Crippen molar-refractivity contribution in [3.05, 3.63) is 59.7 Å². The summed E-state index contributed by atoms with van der Waals surface area (Å²) in [6.07, 6.45) is -1.05. The Bertz CT molecular complexity index is 712. The van der Waals surface area contributed by atoms with Gasteiger partial charge in [-0.15, -0.1) is 0 Å². The van der Waals surface area contributed by atoms with Crippen molar-refractivity contribution in [2.45, 2.75) is 26.1 Å². The fourth-order valence-electron chi connectivity index (χ4n) is 3.65. The molecule has 1 aliphatic rings. The lowest BCUT2D eigenvalue weighted by molar-refractivity contribution is 0.0240. The van der Waals surface area contributed by atoms with Gasteiger partial charge in [0.05, 0.1) is 0 Å². The molecule has 1 heterocycles. The smallest absolute Gasteiger partial charge is 0.119 e. The van der Waals surface area contributed by atoms with E-state index in [1.165, 1.54) is 0 Å². The molecule has 6 nitrogen and oxygen atoms in total. The Morgan fingerprint density at radius 2 is 1.13 bits per heavy atom. The number of hydrogen-bond donors (Lipinski definition) is 2. The molecule has 0 amide bonds. The average molecular weight is 415 g/mol. The first kappa shape index (κ1) is 22.6. The second-order valence-corrected chi connectivity index (χ2v) is 8.16. The van der Waals surface area contributed by atoms with Gasteiger partial charge in [-0.3, -0.25) is 9.80 Å². The Kier molecular flexibility index (Phi) is 8.51. The van der Waals surface area contributed by atoms with Gasteiger partial charge in [-0.2, -0.15) is 0 Å². The van der Waals surface area contributed by atoms with Crippen molar-refractivity contribution in [2.24, 2.45) is 0 Å². The lowest BCUT2D eigenvalue weighted by atomic mass is 10.2. The molecule has 1 fully saturated rings. The van der Waals surface area contributed by atoms with Gasteiger partial charge in [0.25, 0.3) is 0 Å². The molecule has 0 spiro atoms. The fourth-order valence-corrected chi connectivity index (χ4v) is 3.65. The molecule has 0 aromatic heterocycles. The monoisotopic (exact) mass is 414 g/mol. The summed E-state index contributed by atoms with van der Waals surface area (Å²) < 4.78 is 11.4. The minimum absolute atomic E-state index is 0.290. The van der Waals surface area contributed by atoms with Gasteiger partial charge >= 0.3 is 0 Å². The van der Waals surface area contributed by atoms with Gasteiger partial charge in [0.15, 0.2) is 0 Å². The highest BCUT2D eigenvalue weighted by Gasteiger charge is 2.21. The maximum Gasteiger partial charge on any atom is 0.119 e. The van der Waals surface area contributed by atoms with Crippen molar-refractivity contribution >= 4 is 0 Å². The van der Waals surface area contributed by atoms with Gasteiger partial charge in [-0.1, -0.05) is 24.3 Å². The Balaban J connectivity index is 1.31. The predicted molar refractivity (Wildman–Crippen MR) is 118 cm³/mol. The third-order valence-electron chi connectivity index (χ3n) is 5.27. The van der Waals surface area contributed by atoms with Crippen molar-refractivity contribution < 1.29 is 19.7 Å². The molecule has 2 aromatic rings. The largest absolute Gasteiger partial charge is 0.491 e. The van der Waals surface area contributed by atoms with Gasteiger partial charge in [-0.05, 0) is 49.2 Å². The Morgan fingerprint density at radius 3 is 1.50 bits per heavy atom. The maximum atomic E-state index is 10.3. The van der Waals surface area contributed by atoms with E-state index in [1.807, 2.05) is 62.4 Å². The molecule has 0 aliphatic carbocycles. The molecule has 3 rings (SSSR count). The number of β-amino-alcohol motifs (C(OH)–C–C–N with tert-alkyl or cyclic N) is 2. The van der Waals surface area contributed by atoms with E-state index in [4.69, 9.17) is 9.47 Å². The molecule has 1 aliphatic heterocycles. The van der Waals surface area contributed by atoms with Crippen LogP contribution in [0.2, 0.25) is 0 Å². The van der Waals surface area contributed by atoms with Crippen LogP contribution in [0.5, 0.6) is 11.5 Å². The molecule has 0 unspecified atom stereocenters. The van der Waals surface area contributed by atoms with E-state index >= 15 is 0 Å². The van der Waals surface area contributed by atoms with Crippen LogP contribution in [0.4, 0.5) is 0 Å². The van der Waals surface area contributed by atoms with Crippen LogP contribution >= 0.6 is 0 Å². The number of piperazine rings is 1. The molecule has 0 bridgehead atoms. The predicted octanol–water partition coefficient (Wildman–Crippen LogP) is 2.10. The number of aliphatic hydroxyl groups is 2. The van der Waals surface area contributed by atoms with E-state index in [0.29, 0.717) is 26.3 Å². The maximum absolute atomic E-state index is 10.3.